The largest absolute Gasteiger partial charge is 0.340 e. The van der Waals surface area contributed by atoms with E-state index >= 15 is 0 Å². The fraction of sp³-hybridized carbons (Fsp3) is 0.333. The topological polar surface area (TPSA) is 80.9 Å². The molecule has 0 fully saturated rings. The number of carbonyl (C=O) groups excluding carboxylic acids is 1. The summed E-state index contributed by atoms with van der Waals surface area (Å²) in [4.78, 5) is 22.6. The first kappa shape index (κ1) is 17.3. The zero-order valence-electron chi connectivity index (χ0n) is 14.7. The average molecular weight is 356 g/mol. The number of carbonyl (C=O) groups is 1. The summed E-state index contributed by atoms with van der Waals surface area (Å²) in [6.45, 7) is 7.75. The molecule has 7 heteroatoms. The first-order chi connectivity index (χ1) is 12.0. The van der Waals surface area contributed by atoms with Gasteiger partial charge in [-0.1, -0.05) is 24.2 Å². The number of hydrogen-bond acceptors (Lipinski definition) is 6. The lowest BCUT2D eigenvalue weighted by molar-refractivity contribution is 0.0927. The Morgan fingerprint density at radius 1 is 1.28 bits per heavy atom. The molecule has 0 aliphatic heterocycles. The molecule has 0 spiro atoms. The van der Waals surface area contributed by atoms with E-state index < -0.39 is 0 Å². The minimum atomic E-state index is -0.304. The summed E-state index contributed by atoms with van der Waals surface area (Å²) in [7, 11) is 0. The van der Waals surface area contributed by atoms with E-state index in [9.17, 15) is 4.79 Å². The van der Waals surface area contributed by atoms with Gasteiger partial charge in [0.25, 0.3) is 5.91 Å². The van der Waals surface area contributed by atoms with Gasteiger partial charge in [-0.3, -0.25) is 4.79 Å². The number of hydrogen-bond donors (Lipinski definition) is 1. The summed E-state index contributed by atoms with van der Waals surface area (Å²) >= 11 is 1.63. The molecule has 3 aromatic rings. The van der Waals surface area contributed by atoms with Gasteiger partial charge in [-0.05, 0) is 39.3 Å². The quantitative estimate of drug-likeness (QED) is 0.747. The highest BCUT2D eigenvalue weighted by Gasteiger charge is 2.20. The van der Waals surface area contributed by atoms with Crippen molar-refractivity contribution in [2.24, 2.45) is 0 Å². The molecule has 1 aromatic carbocycles. The molecule has 0 bridgehead atoms. The SMILES string of the molecule is CCC(NC(=O)c1cccc(-c2nc(C)c(C)s2)c1)c1nc(C)no1. The van der Waals surface area contributed by atoms with Gasteiger partial charge in [0.2, 0.25) is 5.89 Å². The smallest absolute Gasteiger partial charge is 0.251 e. The summed E-state index contributed by atoms with van der Waals surface area (Å²) in [5.41, 5.74) is 2.54. The lowest BCUT2D eigenvalue weighted by Crippen LogP contribution is -2.28. The summed E-state index contributed by atoms with van der Waals surface area (Å²) in [5.74, 6) is 0.810. The lowest BCUT2D eigenvalue weighted by Gasteiger charge is -2.13. The molecule has 0 saturated heterocycles. The Hall–Kier alpha value is -2.54. The maximum atomic E-state index is 12.6. The second kappa shape index (κ2) is 7.14. The highest BCUT2D eigenvalue weighted by atomic mass is 32.1. The first-order valence-electron chi connectivity index (χ1n) is 8.13. The van der Waals surface area contributed by atoms with Crippen LogP contribution in [-0.4, -0.2) is 21.0 Å². The minimum absolute atomic E-state index is 0.172. The van der Waals surface area contributed by atoms with E-state index in [4.69, 9.17) is 4.52 Å². The Kier molecular flexibility index (Phi) is 4.94. The van der Waals surface area contributed by atoms with E-state index in [1.54, 1.807) is 24.3 Å². The fourth-order valence-electron chi connectivity index (χ4n) is 2.42. The van der Waals surface area contributed by atoms with Gasteiger partial charge in [0.05, 0.1) is 5.69 Å². The number of nitrogens with zero attached hydrogens (tertiary/aromatic N) is 3. The molecule has 1 atom stereocenters. The Bertz CT molecular complexity index is 881. The molecule has 6 nitrogen and oxygen atoms in total. The van der Waals surface area contributed by atoms with E-state index in [2.05, 4.69) is 20.4 Å². The van der Waals surface area contributed by atoms with Crippen LogP contribution in [-0.2, 0) is 0 Å². The van der Waals surface area contributed by atoms with Gasteiger partial charge in [-0.15, -0.1) is 11.3 Å². The van der Waals surface area contributed by atoms with Crippen LogP contribution in [0.25, 0.3) is 10.6 Å². The Morgan fingerprint density at radius 2 is 2.08 bits per heavy atom. The standard InChI is InChI=1S/C18H20N4O2S/c1-5-15(17-20-12(4)22-24-17)21-16(23)13-7-6-8-14(9-13)18-19-10(2)11(3)25-18/h6-9,15H,5H2,1-4H3,(H,21,23). The van der Waals surface area contributed by atoms with Crippen molar-refractivity contribution in [3.05, 3.63) is 52.1 Å². The van der Waals surface area contributed by atoms with E-state index in [1.807, 2.05) is 39.0 Å². The normalized spacial score (nSPS) is 12.2. The van der Waals surface area contributed by atoms with Crippen molar-refractivity contribution in [2.45, 2.75) is 40.2 Å². The molecule has 2 aromatic heterocycles. The van der Waals surface area contributed by atoms with Crippen LogP contribution in [0.4, 0.5) is 0 Å². The summed E-state index contributed by atoms with van der Waals surface area (Å²) in [6.07, 6.45) is 0.665. The Labute approximate surface area is 150 Å². The molecule has 0 radical (unpaired) electrons. The van der Waals surface area contributed by atoms with Gasteiger partial charge in [0, 0.05) is 16.0 Å². The number of thiazole rings is 1. The van der Waals surface area contributed by atoms with Gasteiger partial charge in [0.1, 0.15) is 11.0 Å². The Morgan fingerprint density at radius 3 is 2.68 bits per heavy atom. The molecule has 0 aliphatic carbocycles. The molecule has 3 rings (SSSR count). The van der Waals surface area contributed by atoms with Crippen LogP contribution in [0.3, 0.4) is 0 Å². The van der Waals surface area contributed by atoms with Gasteiger partial charge in [0.15, 0.2) is 5.82 Å². The molecule has 2 heterocycles. The predicted molar refractivity (Wildman–Crippen MR) is 96.6 cm³/mol. The zero-order valence-corrected chi connectivity index (χ0v) is 15.5. The summed E-state index contributed by atoms with van der Waals surface area (Å²) in [6, 6.07) is 7.18. The van der Waals surface area contributed by atoms with E-state index in [0.717, 1.165) is 16.3 Å². The van der Waals surface area contributed by atoms with Crippen molar-refractivity contribution in [1.29, 1.82) is 0 Å². The second-order valence-electron chi connectivity index (χ2n) is 5.86. The number of benzene rings is 1. The number of rotatable bonds is 5. The van der Waals surface area contributed by atoms with E-state index in [0.29, 0.717) is 23.7 Å². The fourth-order valence-corrected chi connectivity index (χ4v) is 3.34. The third kappa shape index (κ3) is 3.76. The maximum absolute atomic E-state index is 12.6. The number of aromatic nitrogens is 3. The minimum Gasteiger partial charge on any atom is -0.340 e. The highest BCUT2D eigenvalue weighted by Crippen LogP contribution is 2.28. The van der Waals surface area contributed by atoms with E-state index in [1.165, 1.54) is 4.88 Å². The molecule has 1 amide bonds. The first-order valence-corrected chi connectivity index (χ1v) is 8.95. The van der Waals surface area contributed by atoms with E-state index in [-0.39, 0.29) is 11.9 Å². The van der Waals surface area contributed by atoms with Crippen molar-refractivity contribution in [2.75, 3.05) is 0 Å². The van der Waals surface area contributed by atoms with Gasteiger partial charge >= 0.3 is 0 Å². The zero-order chi connectivity index (χ0) is 18.0. The average Bonchev–Trinajstić information content (AvgIpc) is 3.18. The molecular weight excluding hydrogens is 336 g/mol. The van der Waals surface area contributed by atoms with Crippen LogP contribution < -0.4 is 5.32 Å². The van der Waals surface area contributed by atoms with Crippen molar-refractivity contribution in [3.63, 3.8) is 0 Å². The van der Waals surface area contributed by atoms with Gasteiger partial charge in [-0.2, -0.15) is 4.98 Å². The van der Waals surface area contributed by atoms with Crippen LogP contribution in [0.2, 0.25) is 0 Å². The van der Waals surface area contributed by atoms with Gasteiger partial charge in [-0.25, -0.2) is 4.98 Å². The van der Waals surface area contributed by atoms with Gasteiger partial charge < -0.3 is 9.84 Å². The van der Waals surface area contributed by atoms with Crippen LogP contribution in [0, 0.1) is 20.8 Å². The van der Waals surface area contributed by atoms with Crippen molar-refractivity contribution < 1.29 is 9.32 Å². The van der Waals surface area contributed by atoms with Crippen molar-refractivity contribution in [3.8, 4) is 10.6 Å². The summed E-state index contributed by atoms with van der Waals surface area (Å²) in [5, 5.41) is 7.66. The number of amides is 1. The monoisotopic (exact) mass is 356 g/mol. The van der Waals surface area contributed by atoms with Crippen LogP contribution in [0.5, 0.6) is 0 Å². The Balaban J connectivity index is 1.81. The molecule has 1 unspecified atom stereocenters. The molecule has 25 heavy (non-hydrogen) atoms. The second-order valence-corrected chi connectivity index (χ2v) is 7.06. The molecule has 130 valence electrons. The number of aryl methyl sites for hydroxylation is 3. The van der Waals surface area contributed by atoms with Crippen LogP contribution >= 0.6 is 11.3 Å². The summed E-state index contributed by atoms with van der Waals surface area (Å²) < 4.78 is 5.18. The van der Waals surface area contributed by atoms with Crippen LogP contribution in [0.1, 0.15) is 52.0 Å². The number of nitrogens with one attached hydrogen (secondary N) is 1. The highest BCUT2D eigenvalue weighted by molar-refractivity contribution is 7.15. The molecule has 0 saturated carbocycles. The molecule has 1 N–H and O–H groups in total. The third-order valence-corrected chi connectivity index (χ3v) is 5.08. The maximum Gasteiger partial charge on any atom is 0.251 e. The lowest BCUT2D eigenvalue weighted by atomic mass is 10.1. The third-order valence-electron chi connectivity index (χ3n) is 3.96. The molecular formula is C18H20N4O2S. The van der Waals surface area contributed by atoms with Crippen molar-refractivity contribution >= 4 is 17.2 Å². The van der Waals surface area contributed by atoms with Crippen molar-refractivity contribution in [1.82, 2.24) is 20.4 Å². The molecule has 0 aliphatic rings. The predicted octanol–water partition coefficient (Wildman–Crippen LogP) is 4.00. The van der Waals surface area contributed by atoms with Crippen LogP contribution in [0.15, 0.2) is 28.8 Å².